The zero-order chi connectivity index (χ0) is 29.8. The Bertz CT molecular complexity index is 1180. The molecule has 3 aromatic rings. The van der Waals surface area contributed by atoms with Gasteiger partial charge in [-0.25, -0.2) is 9.59 Å². The van der Waals surface area contributed by atoms with Gasteiger partial charge in [0.25, 0.3) is 0 Å². The highest BCUT2D eigenvalue weighted by Gasteiger charge is 2.26. The summed E-state index contributed by atoms with van der Waals surface area (Å²) in [5, 5.41) is 3.98. The molecule has 0 spiro atoms. The molecule has 0 fully saturated rings. The van der Waals surface area contributed by atoms with Crippen LogP contribution in [0, 0.1) is 0 Å². The van der Waals surface area contributed by atoms with Gasteiger partial charge >= 0.3 is 11.9 Å². The molecule has 4 nitrogen and oxygen atoms in total. The van der Waals surface area contributed by atoms with Gasteiger partial charge in [0, 0.05) is 14.8 Å². The molecule has 0 N–H and O–H groups in total. The van der Waals surface area contributed by atoms with E-state index in [1.54, 1.807) is 11.3 Å². The lowest BCUT2D eigenvalue weighted by atomic mass is 10.1. The Kier molecular flexibility index (Phi) is 17.2. The second-order valence-electron chi connectivity index (χ2n) is 11.7. The molecular weight excluding hydrogens is 561 g/mol. The first-order chi connectivity index (χ1) is 20.7. The van der Waals surface area contributed by atoms with Crippen LogP contribution in [0.15, 0.2) is 23.6 Å². The summed E-state index contributed by atoms with van der Waals surface area (Å²) in [6.45, 7) is 5.29. The molecule has 6 heteroatoms. The number of hydrogen-bond acceptors (Lipinski definition) is 6. The Morgan fingerprint density at radius 1 is 0.595 bits per heavy atom. The molecule has 2 aromatic heterocycles. The van der Waals surface area contributed by atoms with E-state index in [0.29, 0.717) is 23.7 Å². The van der Waals surface area contributed by atoms with Crippen LogP contribution in [0.5, 0.6) is 0 Å². The number of esters is 2. The molecule has 1 aromatic carbocycles. The van der Waals surface area contributed by atoms with Crippen LogP contribution in [0.2, 0.25) is 0 Å². The molecule has 0 radical (unpaired) electrons. The third-order valence-corrected chi connectivity index (χ3v) is 10.1. The van der Waals surface area contributed by atoms with E-state index in [2.05, 4.69) is 31.4 Å². The van der Waals surface area contributed by atoms with E-state index in [-0.39, 0.29) is 0 Å². The molecule has 0 amide bonds. The Labute approximate surface area is 262 Å². The van der Waals surface area contributed by atoms with Crippen LogP contribution < -0.4 is 0 Å². The summed E-state index contributed by atoms with van der Waals surface area (Å²) in [6.07, 6.45) is 24.7. The number of benzene rings is 1. The number of unbranched alkanes of at least 4 members (excludes halogenated alkanes) is 18. The number of ether oxygens (including phenoxy) is 2. The fraction of sp³-hybridized carbons (Fsp3) is 0.667. The fourth-order valence-corrected chi connectivity index (χ4v) is 7.47. The number of thiophene rings is 2. The summed E-state index contributed by atoms with van der Waals surface area (Å²) >= 11 is 2.99. The average molecular weight is 615 g/mol. The Morgan fingerprint density at radius 3 is 1.60 bits per heavy atom. The van der Waals surface area contributed by atoms with Crippen molar-refractivity contribution >= 4 is 54.8 Å². The van der Waals surface area contributed by atoms with Crippen LogP contribution in [0.25, 0.3) is 20.2 Å². The van der Waals surface area contributed by atoms with Crippen molar-refractivity contribution < 1.29 is 19.1 Å². The van der Waals surface area contributed by atoms with E-state index in [0.717, 1.165) is 45.9 Å². The van der Waals surface area contributed by atoms with Gasteiger partial charge in [-0.2, -0.15) is 0 Å². The first-order valence-electron chi connectivity index (χ1n) is 16.9. The first-order valence-corrected chi connectivity index (χ1v) is 18.6. The molecule has 0 saturated carbocycles. The molecule has 234 valence electrons. The van der Waals surface area contributed by atoms with Crippen LogP contribution in [0.4, 0.5) is 0 Å². The predicted octanol–water partition coefficient (Wildman–Crippen LogP) is 12.3. The molecule has 0 atom stereocenters. The van der Waals surface area contributed by atoms with Gasteiger partial charge in [0.2, 0.25) is 0 Å². The zero-order valence-electron chi connectivity index (χ0n) is 26.3. The third kappa shape index (κ3) is 12.0. The molecular formula is C36H54O4S2. The molecule has 0 aliphatic carbocycles. The minimum Gasteiger partial charge on any atom is -0.462 e. The number of fused-ring (bicyclic) bond motifs is 2. The van der Waals surface area contributed by atoms with Gasteiger partial charge in [-0.1, -0.05) is 129 Å². The Hall–Kier alpha value is -1.92. The van der Waals surface area contributed by atoms with Gasteiger partial charge in [-0.15, -0.1) is 22.7 Å². The lowest BCUT2D eigenvalue weighted by Crippen LogP contribution is -2.13. The molecule has 0 bridgehead atoms. The van der Waals surface area contributed by atoms with Gasteiger partial charge in [0.15, 0.2) is 0 Å². The maximum absolute atomic E-state index is 13.3. The lowest BCUT2D eigenvalue weighted by molar-refractivity contribution is 0.0457. The summed E-state index contributed by atoms with van der Waals surface area (Å²) in [5.74, 6) is -0.805. The van der Waals surface area contributed by atoms with Crippen LogP contribution in [-0.2, 0) is 9.47 Å². The second kappa shape index (κ2) is 20.9. The molecule has 0 saturated heterocycles. The highest BCUT2D eigenvalue weighted by atomic mass is 32.1. The maximum atomic E-state index is 13.3. The largest absolute Gasteiger partial charge is 0.462 e. The summed E-state index contributed by atoms with van der Waals surface area (Å²) in [6, 6.07) is 6.18. The van der Waals surface area contributed by atoms with E-state index in [1.165, 1.54) is 114 Å². The van der Waals surface area contributed by atoms with Crippen LogP contribution in [0.3, 0.4) is 0 Å². The predicted molar refractivity (Wildman–Crippen MR) is 181 cm³/mol. The molecule has 2 heterocycles. The quantitative estimate of drug-likeness (QED) is 0.0744. The van der Waals surface area contributed by atoms with Gasteiger partial charge in [0.05, 0.1) is 18.8 Å². The van der Waals surface area contributed by atoms with Crippen LogP contribution >= 0.6 is 22.7 Å². The van der Waals surface area contributed by atoms with E-state index < -0.39 is 11.9 Å². The summed E-state index contributed by atoms with van der Waals surface area (Å²) in [4.78, 5) is 26.9. The number of carbonyl (C=O) groups is 2. The van der Waals surface area contributed by atoms with Gasteiger partial charge in [-0.3, -0.25) is 0 Å². The monoisotopic (exact) mass is 614 g/mol. The number of rotatable bonds is 24. The van der Waals surface area contributed by atoms with Crippen molar-refractivity contribution in [2.45, 2.75) is 142 Å². The van der Waals surface area contributed by atoms with E-state index in [9.17, 15) is 9.59 Å². The molecule has 0 unspecified atom stereocenters. The molecule has 0 aliphatic rings. The minimum atomic E-state index is -0.404. The van der Waals surface area contributed by atoms with Crippen molar-refractivity contribution in [1.29, 1.82) is 0 Å². The number of carbonyl (C=O) groups excluding carboxylic acids is 2. The van der Waals surface area contributed by atoms with Crippen LogP contribution in [0.1, 0.15) is 162 Å². The highest BCUT2D eigenvalue weighted by molar-refractivity contribution is 7.21. The fourth-order valence-electron chi connectivity index (χ4n) is 5.54. The Morgan fingerprint density at radius 2 is 1.07 bits per heavy atom. The van der Waals surface area contributed by atoms with Crippen molar-refractivity contribution in [3.8, 4) is 0 Å². The topological polar surface area (TPSA) is 52.6 Å². The normalized spacial score (nSPS) is 11.5. The minimum absolute atomic E-state index is 0.378. The summed E-state index contributed by atoms with van der Waals surface area (Å²) in [5.41, 5.74) is 0.380. The second-order valence-corrected chi connectivity index (χ2v) is 13.7. The Balaban J connectivity index is 1.45. The summed E-state index contributed by atoms with van der Waals surface area (Å²) < 4.78 is 13.4. The van der Waals surface area contributed by atoms with Crippen molar-refractivity contribution in [1.82, 2.24) is 0 Å². The van der Waals surface area contributed by atoms with Crippen molar-refractivity contribution in [3.63, 3.8) is 0 Å². The number of hydrogen-bond donors (Lipinski definition) is 0. The molecule has 0 aliphatic heterocycles. The summed E-state index contributed by atoms with van der Waals surface area (Å²) in [7, 11) is 0. The smallest absolute Gasteiger partial charge is 0.349 e. The lowest BCUT2D eigenvalue weighted by Gasteiger charge is -2.08. The first kappa shape index (κ1) is 34.6. The average Bonchev–Trinajstić information content (AvgIpc) is 3.61. The van der Waals surface area contributed by atoms with Gasteiger partial charge in [-0.05, 0) is 41.8 Å². The highest BCUT2D eigenvalue weighted by Crippen LogP contribution is 2.37. The zero-order valence-corrected chi connectivity index (χ0v) is 27.9. The van der Waals surface area contributed by atoms with E-state index >= 15 is 0 Å². The van der Waals surface area contributed by atoms with Crippen molar-refractivity contribution in [2.24, 2.45) is 0 Å². The standard InChI is InChI=1S/C36H54O4S2/c1-3-5-7-9-11-13-15-17-19-21-24-39-35(37)33-30-28-31-29(23-26-41-31)27-32(30)42-34(33)36(38)40-25-22-20-18-16-14-12-10-8-6-4-2/h23,26-28H,3-22,24-25H2,1-2H3. The van der Waals surface area contributed by atoms with E-state index in [1.807, 2.05) is 6.07 Å². The molecule has 42 heavy (non-hydrogen) atoms. The maximum Gasteiger partial charge on any atom is 0.349 e. The van der Waals surface area contributed by atoms with Gasteiger partial charge in [0.1, 0.15) is 4.88 Å². The van der Waals surface area contributed by atoms with Crippen molar-refractivity contribution in [3.05, 3.63) is 34.0 Å². The SMILES string of the molecule is CCCCCCCCCCCCOC(=O)c1sc2cc3ccsc3cc2c1C(=O)OCCCCCCCCCCCC. The van der Waals surface area contributed by atoms with Crippen LogP contribution in [-0.4, -0.2) is 25.2 Å². The van der Waals surface area contributed by atoms with Crippen molar-refractivity contribution in [2.75, 3.05) is 13.2 Å². The molecule has 3 rings (SSSR count). The van der Waals surface area contributed by atoms with Gasteiger partial charge < -0.3 is 9.47 Å². The van der Waals surface area contributed by atoms with E-state index in [4.69, 9.17) is 9.47 Å². The third-order valence-electron chi connectivity index (χ3n) is 8.11.